The van der Waals surface area contributed by atoms with Gasteiger partial charge in [-0.15, -0.1) is 16.4 Å². The molecule has 1 aromatic carbocycles. The minimum atomic E-state index is -0.577. The maximum atomic E-state index is 13.6. The first kappa shape index (κ1) is 13.7. The fourth-order valence-corrected chi connectivity index (χ4v) is 2.92. The number of aromatic nitrogens is 2. The number of fused-ring (bicyclic) bond motifs is 1. The van der Waals surface area contributed by atoms with Crippen LogP contribution in [0.25, 0.3) is 10.2 Å². The molecule has 21 heavy (non-hydrogen) atoms. The van der Waals surface area contributed by atoms with E-state index in [1.807, 2.05) is 0 Å². The predicted molar refractivity (Wildman–Crippen MR) is 81.2 cm³/mol. The fourth-order valence-electron chi connectivity index (χ4n) is 1.81. The van der Waals surface area contributed by atoms with Crippen molar-refractivity contribution in [2.24, 2.45) is 0 Å². The van der Waals surface area contributed by atoms with Crippen LogP contribution < -0.4 is 11.1 Å². The van der Waals surface area contributed by atoms with Crippen LogP contribution >= 0.6 is 22.9 Å². The molecule has 0 fully saturated rings. The van der Waals surface area contributed by atoms with Crippen molar-refractivity contribution < 1.29 is 9.18 Å². The molecule has 106 valence electrons. The zero-order chi connectivity index (χ0) is 15.0. The Balaban J connectivity index is 1.97. The van der Waals surface area contributed by atoms with Crippen LogP contribution in [0.3, 0.4) is 0 Å². The smallest absolute Gasteiger partial charge is 0.268 e. The molecule has 0 bridgehead atoms. The summed E-state index contributed by atoms with van der Waals surface area (Å²) in [7, 11) is 0. The Bertz CT molecular complexity index is 851. The van der Waals surface area contributed by atoms with E-state index < -0.39 is 11.7 Å². The molecule has 1 amide bonds. The number of nitrogen functional groups attached to an aromatic ring is 1. The molecule has 3 aromatic rings. The van der Waals surface area contributed by atoms with Crippen molar-refractivity contribution >= 4 is 50.4 Å². The molecule has 3 rings (SSSR count). The quantitative estimate of drug-likeness (QED) is 0.758. The number of benzene rings is 1. The lowest BCUT2D eigenvalue weighted by molar-refractivity contribution is 0.103. The Labute approximate surface area is 127 Å². The van der Waals surface area contributed by atoms with E-state index in [0.717, 1.165) is 11.3 Å². The van der Waals surface area contributed by atoms with E-state index in [9.17, 15) is 9.18 Å². The first-order chi connectivity index (χ1) is 10.1. The maximum Gasteiger partial charge on any atom is 0.268 e. The van der Waals surface area contributed by atoms with Crippen LogP contribution in [-0.4, -0.2) is 16.1 Å². The van der Waals surface area contributed by atoms with Crippen molar-refractivity contribution in [3.63, 3.8) is 0 Å². The summed E-state index contributed by atoms with van der Waals surface area (Å²) in [6.07, 6.45) is 1.49. The number of halogens is 2. The SMILES string of the molecule is Nc1c(C(=O)Nc2cc(Cl)ccc2F)sc2nnccc12. The van der Waals surface area contributed by atoms with Gasteiger partial charge >= 0.3 is 0 Å². The molecule has 0 saturated heterocycles. The molecule has 0 unspecified atom stereocenters. The topological polar surface area (TPSA) is 80.9 Å². The number of amides is 1. The summed E-state index contributed by atoms with van der Waals surface area (Å²) in [5, 5.41) is 11.0. The number of rotatable bonds is 2. The largest absolute Gasteiger partial charge is 0.397 e. The number of thiophene rings is 1. The maximum absolute atomic E-state index is 13.6. The first-order valence-electron chi connectivity index (χ1n) is 5.82. The average molecular weight is 323 g/mol. The number of hydrogen-bond donors (Lipinski definition) is 2. The second-order valence-electron chi connectivity index (χ2n) is 4.17. The Hall–Kier alpha value is -2.25. The van der Waals surface area contributed by atoms with Crippen LogP contribution in [0.1, 0.15) is 9.67 Å². The second-order valence-corrected chi connectivity index (χ2v) is 5.61. The molecule has 5 nitrogen and oxygen atoms in total. The monoisotopic (exact) mass is 322 g/mol. The highest BCUT2D eigenvalue weighted by molar-refractivity contribution is 7.21. The summed E-state index contributed by atoms with van der Waals surface area (Å²) in [4.78, 5) is 13.0. The second kappa shape index (κ2) is 5.27. The molecule has 0 aliphatic heterocycles. The Morgan fingerprint density at radius 2 is 2.19 bits per heavy atom. The van der Waals surface area contributed by atoms with Crippen molar-refractivity contribution in [1.82, 2.24) is 10.2 Å². The minimum absolute atomic E-state index is 0.00422. The lowest BCUT2D eigenvalue weighted by Crippen LogP contribution is -2.13. The third-order valence-electron chi connectivity index (χ3n) is 2.80. The van der Waals surface area contributed by atoms with Gasteiger partial charge in [-0.25, -0.2) is 4.39 Å². The number of anilines is 2. The van der Waals surface area contributed by atoms with Crippen molar-refractivity contribution in [2.75, 3.05) is 11.1 Å². The van der Waals surface area contributed by atoms with Gasteiger partial charge in [-0.2, -0.15) is 5.10 Å². The van der Waals surface area contributed by atoms with E-state index in [-0.39, 0.29) is 10.6 Å². The summed E-state index contributed by atoms with van der Waals surface area (Å²) in [5.74, 6) is -1.09. The zero-order valence-corrected chi connectivity index (χ0v) is 12.0. The molecule has 0 spiro atoms. The summed E-state index contributed by atoms with van der Waals surface area (Å²) >= 11 is 6.88. The summed E-state index contributed by atoms with van der Waals surface area (Å²) in [6.45, 7) is 0. The average Bonchev–Trinajstić information content (AvgIpc) is 2.81. The predicted octanol–water partition coefficient (Wildman–Crippen LogP) is 3.32. The van der Waals surface area contributed by atoms with Gasteiger partial charge in [0, 0.05) is 10.4 Å². The Morgan fingerprint density at radius 1 is 1.38 bits per heavy atom. The number of nitrogens with zero attached hydrogens (tertiary/aromatic N) is 2. The highest BCUT2D eigenvalue weighted by Crippen LogP contribution is 2.32. The number of hydrogen-bond acceptors (Lipinski definition) is 5. The molecule has 2 heterocycles. The third-order valence-corrected chi connectivity index (χ3v) is 4.14. The van der Waals surface area contributed by atoms with Gasteiger partial charge in [-0.3, -0.25) is 4.79 Å². The standard InChI is InChI=1S/C13H8ClFN4OS/c14-6-1-2-8(15)9(5-6)18-12(20)11-10(16)7-3-4-17-19-13(7)21-11/h1-5H,16H2,(H,18,20). The van der Waals surface area contributed by atoms with Crippen LogP contribution in [0.15, 0.2) is 30.5 Å². The van der Waals surface area contributed by atoms with Gasteiger partial charge in [0.25, 0.3) is 5.91 Å². The van der Waals surface area contributed by atoms with Crippen molar-refractivity contribution in [3.05, 3.63) is 46.2 Å². The first-order valence-corrected chi connectivity index (χ1v) is 7.02. The van der Waals surface area contributed by atoms with E-state index in [4.69, 9.17) is 17.3 Å². The Kier molecular flexibility index (Phi) is 3.44. The number of nitrogens with two attached hydrogens (primary N) is 1. The molecule has 0 atom stereocenters. The van der Waals surface area contributed by atoms with Gasteiger partial charge < -0.3 is 11.1 Å². The lowest BCUT2D eigenvalue weighted by atomic mass is 10.2. The zero-order valence-electron chi connectivity index (χ0n) is 10.4. The molecule has 0 radical (unpaired) electrons. The molecule has 0 aliphatic rings. The normalized spacial score (nSPS) is 10.8. The highest BCUT2D eigenvalue weighted by Gasteiger charge is 2.18. The van der Waals surface area contributed by atoms with Crippen LogP contribution in [0, 0.1) is 5.82 Å². The van der Waals surface area contributed by atoms with Crippen LogP contribution in [0.2, 0.25) is 5.02 Å². The fraction of sp³-hybridized carbons (Fsp3) is 0. The van der Waals surface area contributed by atoms with Crippen molar-refractivity contribution in [1.29, 1.82) is 0 Å². The molecule has 8 heteroatoms. The Morgan fingerprint density at radius 3 is 2.95 bits per heavy atom. The minimum Gasteiger partial charge on any atom is -0.397 e. The van der Waals surface area contributed by atoms with Crippen LogP contribution in [0.4, 0.5) is 15.8 Å². The van der Waals surface area contributed by atoms with Gasteiger partial charge in [0.2, 0.25) is 0 Å². The van der Waals surface area contributed by atoms with E-state index in [2.05, 4.69) is 15.5 Å². The number of nitrogens with one attached hydrogen (secondary N) is 1. The number of carbonyl (C=O) groups is 1. The van der Waals surface area contributed by atoms with Gasteiger partial charge in [-0.05, 0) is 24.3 Å². The number of carbonyl (C=O) groups excluding carboxylic acids is 1. The van der Waals surface area contributed by atoms with E-state index >= 15 is 0 Å². The molecule has 3 N–H and O–H groups in total. The molecule has 0 saturated carbocycles. The van der Waals surface area contributed by atoms with Gasteiger partial charge in [-0.1, -0.05) is 11.6 Å². The molecular formula is C13H8ClFN4OS. The molecule has 2 aromatic heterocycles. The van der Waals surface area contributed by atoms with Crippen molar-refractivity contribution in [3.8, 4) is 0 Å². The van der Waals surface area contributed by atoms with Crippen LogP contribution in [0.5, 0.6) is 0 Å². The van der Waals surface area contributed by atoms with Gasteiger partial charge in [0.15, 0.2) is 0 Å². The van der Waals surface area contributed by atoms with E-state index in [1.165, 1.54) is 24.4 Å². The van der Waals surface area contributed by atoms with Crippen molar-refractivity contribution in [2.45, 2.75) is 0 Å². The van der Waals surface area contributed by atoms with Gasteiger partial charge in [0.05, 0.1) is 17.6 Å². The van der Waals surface area contributed by atoms with E-state index in [0.29, 0.717) is 20.9 Å². The highest BCUT2D eigenvalue weighted by atomic mass is 35.5. The summed E-state index contributed by atoms with van der Waals surface area (Å²) < 4.78 is 13.6. The molecule has 0 aliphatic carbocycles. The summed E-state index contributed by atoms with van der Waals surface area (Å²) in [6, 6.07) is 5.58. The summed E-state index contributed by atoms with van der Waals surface area (Å²) in [5.41, 5.74) is 6.22. The van der Waals surface area contributed by atoms with Crippen LogP contribution in [-0.2, 0) is 0 Å². The van der Waals surface area contributed by atoms with E-state index in [1.54, 1.807) is 6.07 Å². The van der Waals surface area contributed by atoms with Gasteiger partial charge in [0.1, 0.15) is 15.5 Å². The third kappa shape index (κ3) is 2.53. The molecular weight excluding hydrogens is 315 g/mol. The lowest BCUT2D eigenvalue weighted by Gasteiger charge is -2.06.